The summed E-state index contributed by atoms with van der Waals surface area (Å²) in [7, 11) is 0. The number of nitrogens with one attached hydrogen (secondary N) is 1. The Morgan fingerprint density at radius 2 is 1.88 bits per heavy atom. The molecular formula is C19H18N4O. The fourth-order valence-corrected chi connectivity index (χ4v) is 3.11. The van der Waals surface area contributed by atoms with Gasteiger partial charge in [-0.3, -0.25) is 4.79 Å². The second-order valence-electron chi connectivity index (χ2n) is 5.73. The summed E-state index contributed by atoms with van der Waals surface area (Å²) >= 11 is 0. The van der Waals surface area contributed by atoms with E-state index in [2.05, 4.69) is 10.4 Å². The lowest BCUT2D eigenvalue weighted by Gasteiger charge is -2.37. The molecule has 2 aromatic carbocycles. The smallest absolute Gasteiger partial charge is 0.257 e. The first-order valence-corrected chi connectivity index (χ1v) is 8.04. The number of carbonyl (C=O) groups excluding carboxylic acids is 1. The molecule has 1 aliphatic heterocycles. The zero-order chi connectivity index (χ0) is 16.5. The number of rotatable bonds is 3. The van der Waals surface area contributed by atoms with Gasteiger partial charge in [0.2, 0.25) is 0 Å². The first-order valence-electron chi connectivity index (χ1n) is 8.04. The molecule has 1 N–H and O–H groups in total. The lowest BCUT2D eigenvalue weighted by Crippen LogP contribution is -2.42. The number of carbonyl (C=O) groups is 1. The van der Waals surface area contributed by atoms with Gasteiger partial charge in [-0.25, -0.2) is 4.68 Å². The fourth-order valence-electron chi connectivity index (χ4n) is 3.11. The van der Waals surface area contributed by atoms with Crippen LogP contribution < -0.4 is 5.32 Å². The number of amides is 1. The predicted octanol–water partition coefficient (Wildman–Crippen LogP) is 3.46. The summed E-state index contributed by atoms with van der Waals surface area (Å²) in [6.45, 7) is 2.64. The minimum atomic E-state index is -0.163. The van der Waals surface area contributed by atoms with E-state index in [1.165, 1.54) is 0 Å². The van der Waals surface area contributed by atoms with Crippen LogP contribution in [0, 0.1) is 0 Å². The molecule has 5 heteroatoms. The fraction of sp³-hybridized carbons (Fsp3) is 0.158. The molecule has 0 spiro atoms. The molecule has 0 saturated carbocycles. The second-order valence-corrected chi connectivity index (χ2v) is 5.73. The Labute approximate surface area is 140 Å². The highest BCUT2D eigenvalue weighted by molar-refractivity contribution is 6.01. The lowest BCUT2D eigenvalue weighted by molar-refractivity contribution is 0.0695. The third-order valence-corrected chi connectivity index (χ3v) is 4.34. The van der Waals surface area contributed by atoms with Gasteiger partial charge in [0.25, 0.3) is 5.91 Å². The molecule has 0 radical (unpaired) electrons. The van der Waals surface area contributed by atoms with Gasteiger partial charge in [0.15, 0.2) is 0 Å². The van der Waals surface area contributed by atoms with Crippen LogP contribution in [0.3, 0.4) is 0 Å². The second kappa shape index (κ2) is 5.85. The molecule has 3 aromatic rings. The van der Waals surface area contributed by atoms with Crippen molar-refractivity contribution >= 4 is 11.6 Å². The van der Waals surface area contributed by atoms with Gasteiger partial charge in [-0.05, 0) is 42.8 Å². The van der Waals surface area contributed by atoms with Crippen molar-refractivity contribution in [2.24, 2.45) is 0 Å². The average Bonchev–Trinajstić information content (AvgIpc) is 3.16. The maximum Gasteiger partial charge on any atom is 0.257 e. The van der Waals surface area contributed by atoms with Gasteiger partial charge in [0, 0.05) is 24.6 Å². The van der Waals surface area contributed by atoms with Crippen LogP contribution in [-0.2, 0) is 0 Å². The monoisotopic (exact) mass is 318 g/mol. The molecule has 0 aliphatic carbocycles. The lowest BCUT2D eigenvalue weighted by atomic mass is 10.0. The summed E-state index contributed by atoms with van der Waals surface area (Å²) in [4.78, 5) is 14.6. The molecule has 2 heterocycles. The Hall–Kier alpha value is -3.08. The molecule has 0 saturated heterocycles. The highest BCUT2D eigenvalue weighted by Gasteiger charge is 2.31. The Morgan fingerprint density at radius 1 is 1.08 bits per heavy atom. The van der Waals surface area contributed by atoms with E-state index in [4.69, 9.17) is 0 Å². The molecular weight excluding hydrogens is 300 g/mol. The van der Waals surface area contributed by atoms with Gasteiger partial charge < -0.3 is 10.2 Å². The van der Waals surface area contributed by atoms with E-state index < -0.39 is 0 Å². The number of para-hydroxylation sites is 1. The Kier molecular flexibility index (Phi) is 3.54. The molecule has 0 fully saturated rings. The molecule has 1 aliphatic rings. The zero-order valence-corrected chi connectivity index (χ0v) is 13.4. The quantitative estimate of drug-likeness (QED) is 0.804. The predicted molar refractivity (Wildman–Crippen MR) is 93.1 cm³/mol. The molecule has 4 rings (SSSR count). The van der Waals surface area contributed by atoms with Crippen molar-refractivity contribution in [3.8, 4) is 5.69 Å². The van der Waals surface area contributed by atoms with Gasteiger partial charge in [-0.15, -0.1) is 0 Å². The molecule has 1 atom stereocenters. The van der Waals surface area contributed by atoms with Crippen LogP contribution in [0.15, 0.2) is 67.0 Å². The van der Waals surface area contributed by atoms with Crippen molar-refractivity contribution in [3.63, 3.8) is 0 Å². The van der Waals surface area contributed by atoms with E-state index in [1.807, 2.05) is 77.3 Å². The summed E-state index contributed by atoms with van der Waals surface area (Å²) < 4.78 is 1.82. The standard InChI is InChI=1S/C19H18N4O/c1-2-22-18(21-17-7-4-3-6-16(17)19(22)24)14-8-10-15(11-9-14)23-13-5-12-20-23/h3-13,18,21H,2H2,1H3. The molecule has 1 unspecified atom stereocenters. The van der Waals surface area contributed by atoms with Crippen LogP contribution in [0.5, 0.6) is 0 Å². The van der Waals surface area contributed by atoms with Gasteiger partial charge in [-0.1, -0.05) is 24.3 Å². The largest absolute Gasteiger partial charge is 0.361 e. The first kappa shape index (κ1) is 14.5. The molecule has 24 heavy (non-hydrogen) atoms. The van der Waals surface area contributed by atoms with Crippen LogP contribution in [0.25, 0.3) is 5.69 Å². The average molecular weight is 318 g/mol. The van der Waals surface area contributed by atoms with Crippen molar-refractivity contribution in [1.82, 2.24) is 14.7 Å². The Bertz CT molecular complexity index is 855. The minimum absolute atomic E-state index is 0.0630. The number of anilines is 1. The van der Waals surface area contributed by atoms with Crippen molar-refractivity contribution in [2.75, 3.05) is 11.9 Å². The normalized spacial score (nSPS) is 16.6. The third-order valence-electron chi connectivity index (χ3n) is 4.34. The number of hydrogen-bond acceptors (Lipinski definition) is 3. The number of fused-ring (bicyclic) bond motifs is 1. The van der Waals surface area contributed by atoms with Crippen molar-refractivity contribution in [1.29, 1.82) is 0 Å². The SMILES string of the molecule is CCN1C(=O)c2ccccc2NC1c1ccc(-n2cccn2)cc1. The molecule has 0 bridgehead atoms. The van der Waals surface area contributed by atoms with Gasteiger partial charge in [0.1, 0.15) is 6.17 Å². The topological polar surface area (TPSA) is 50.2 Å². The summed E-state index contributed by atoms with van der Waals surface area (Å²) in [5.41, 5.74) is 3.65. The number of aromatic nitrogens is 2. The minimum Gasteiger partial charge on any atom is -0.361 e. The first-order chi connectivity index (χ1) is 11.8. The number of hydrogen-bond donors (Lipinski definition) is 1. The van der Waals surface area contributed by atoms with Crippen LogP contribution in [0.4, 0.5) is 5.69 Å². The summed E-state index contributed by atoms with van der Waals surface area (Å²) in [5, 5.41) is 7.72. The van der Waals surface area contributed by atoms with E-state index in [1.54, 1.807) is 6.20 Å². The van der Waals surface area contributed by atoms with Crippen LogP contribution in [0.1, 0.15) is 29.0 Å². The van der Waals surface area contributed by atoms with Crippen molar-refractivity contribution in [3.05, 3.63) is 78.1 Å². The molecule has 1 amide bonds. The van der Waals surface area contributed by atoms with E-state index in [9.17, 15) is 4.79 Å². The highest BCUT2D eigenvalue weighted by atomic mass is 16.2. The number of nitrogens with zero attached hydrogens (tertiary/aromatic N) is 3. The van der Waals surface area contributed by atoms with Crippen LogP contribution in [-0.4, -0.2) is 27.1 Å². The highest BCUT2D eigenvalue weighted by Crippen LogP contribution is 2.32. The Morgan fingerprint density at radius 3 is 2.58 bits per heavy atom. The third kappa shape index (κ3) is 2.34. The molecule has 1 aromatic heterocycles. The van der Waals surface area contributed by atoms with Gasteiger partial charge in [-0.2, -0.15) is 5.10 Å². The van der Waals surface area contributed by atoms with Crippen LogP contribution >= 0.6 is 0 Å². The zero-order valence-electron chi connectivity index (χ0n) is 13.4. The van der Waals surface area contributed by atoms with Gasteiger partial charge >= 0.3 is 0 Å². The van der Waals surface area contributed by atoms with E-state index in [-0.39, 0.29) is 12.1 Å². The molecule has 120 valence electrons. The molecule has 5 nitrogen and oxygen atoms in total. The maximum atomic E-state index is 12.8. The van der Waals surface area contributed by atoms with E-state index in [0.717, 1.165) is 22.5 Å². The number of benzene rings is 2. The summed E-state index contributed by atoms with van der Waals surface area (Å²) in [5.74, 6) is 0.0630. The van der Waals surface area contributed by atoms with Crippen molar-refractivity contribution in [2.45, 2.75) is 13.1 Å². The van der Waals surface area contributed by atoms with Crippen LogP contribution in [0.2, 0.25) is 0 Å². The Balaban J connectivity index is 1.69. The van der Waals surface area contributed by atoms with Crippen molar-refractivity contribution < 1.29 is 4.79 Å². The summed E-state index contributed by atoms with van der Waals surface area (Å²) in [6, 6.07) is 17.7. The summed E-state index contributed by atoms with van der Waals surface area (Å²) in [6.07, 6.45) is 3.50. The maximum absolute atomic E-state index is 12.8. The van der Waals surface area contributed by atoms with E-state index >= 15 is 0 Å². The van der Waals surface area contributed by atoms with E-state index in [0.29, 0.717) is 6.54 Å². The van der Waals surface area contributed by atoms with Gasteiger partial charge in [0.05, 0.1) is 11.3 Å².